The average Bonchev–Trinajstić information content (AvgIpc) is 2.31. The first-order chi connectivity index (χ1) is 9.13. The number of carbonyl (C=O) groups excluding carboxylic acids is 1. The van der Waals surface area contributed by atoms with Gasteiger partial charge in [-0.2, -0.15) is 0 Å². The van der Waals surface area contributed by atoms with Crippen molar-refractivity contribution >= 4 is 29.1 Å². The van der Waals surface area contributed by atoms with E-state index < -0.39 is 0 Å². The van der Waals surface area contributed by atoms with E-state index in [1.165, 1.54) is 6.07 Å². The third kappa shape index (κ3) is 3.34. The number of carbonyl (C=O) groups is 1. The number of phenolic OH excluding ortho intramolecular Hbond substituents is 1. The van der Waals surface area contributed by atoms with E-state index >= 15 is 0 Å². The van der Waals surface area contributed by atoms with Gasteiger partial charge in [0.25, 0.3) is 5.91 Å². The second-order valence-electron chi connectivity index (χ2n) is 4.79. The largest absolute Gasteiger partial charge is 0.507 e. The van der Waals surface area contributed by atoms with Gasteiger partial charge in [0.1, 0.15) is 5.75 Å². The first kappa shape index (κ1) is 14.5. The highest BCUT2D eigenvalue weighted by atomic mass is 35.5. The van der Waals surface area contributed by atoms with E-state index in [9.17, 15) is 9.90 Å². The van der Waals surface area contributed by atoms with Crippen LogP contribution in [0.5, 0.6) is 5.75 Å². The van der Waals surface area contributed by atoms with Crippen molar-refractivity contribution in [3.05, 3.63) is 28.8 Å². The number of benzene rings is 1. The maximum Gasteiger partial charge on any atom is 0.257 e. The summed E-state index contributed by atoms with van der Waals surface area (Å²) < 4.78 is 0. The van der Waals surface area contributed by atoms with E-state index in [0.29, 0.717) is 23.0 Å². The maximum atomic E-state index is 12.5. The molecular formula is C14H17Cl2NO2. The molecule has 2 rings (SSSR count). The van der Waals surface area contributed by atoms with Crippen molar-refractivity contribution in [3.63, 3.8) is 0 Å². The number of halogens is 2. The number of phenols is 1. The smallest absolute Gasteiger partial charge is 0.257 e. The molecule has 19 heavy (non-hydrogen) atoms. The molecule has 0 bridgehead atoms. The van der Waals surface area contributed by atoms with Gasteiger partial charge in [0.2, 0.25) is 0 Å². The quantitative estimate of drug-likeness (QED) is 0.843. The number of hydrogen-bond acceptors (Lipinski definition) is 2. The summed E-state index contributed by atoms with van der Waals surface area (Å²) in [6.45, 7) is 0.634. The molecule has 1 saturated carbocycles. The standard InChI is InChI=1S/C14H17Cl2NO2/c15-7-2-8-17(11-3-1-4-11)14(19)12-6-5-10(16)9-13(12)18/h5-6,9,11,18H,1-4,7-8H2. The SMILES string of the molecule is O=C(c1ccc(Cl)cc1O)N(CCCCl)C1CCC1. The van der Waals surface area contributed by atoms with E-state index in [1.54, 1.807) is 12.1 Å². The predicted octanol–water partition coefficient (Wildman–Crippen LogP) is 3.67. The summed E-state index contributed by atoms with van der Waals surface area (Å²) in [6.07, 6.45) is 3.98. The molecule has 1 aromatic carbocycles. The van der Waals surface area contributed by atoms with Gasteiger partial charge in [0.15, 0.2) is 0 Å². The normalized spacial score (nSPS) is 15.1. The Morgan fingerprint density at radius 2 is 2.16 bits per heavy atom. The van der Waals surface area contributed by atoms with Crippen LogP contribution in [0.3, 0.4) is 0 Å². The summed E-state index contributed by atoms with van der Waals surface area (Å²) in [5.41, 5.74) is 0.311. The number of nitrogens with zero attached hydrogens (tertiary/aromatic N) is 1. The van der Waals surface area contributed by atoms with Crippen LogP contribution in [-0.4, -0.2) is 34.4 Å². The van der Waals surface area contributed by atoms with E-state index in [1.807, 2.05) is 4.90 Å². The van der Waals surface area contributed by atoms with Crippen molar-refractivity contribution < 1.29 is 9.90 Å². The molecule has 0 aliphatic heterocycles. The van der Waals surface area contributed by atoms with E-state index in [4.69, 9.17) is 23.2 Å². The molecule has 0 unspecified atom stereocenters. The van der Waals surface area contributed by atoms with Crippen LogP contribution in [0.15, 0.2) is 18.2 Å². The Hall–Kier alpha value is -0.930. The summed E-state index contributed by atoms with van der Waals surface area (Å²) in [6, 6.07) is 4.88. The maximum absolute atomic E-state index is 12.5. The number of rotatable bonds is 5. The lowest BCUT2D eigenvalue weighted by Crippen LogP contribution is -2.44. The first-order valence-corrected chi connectivity index (χ1v) is 7.40. The fraction of sp³-hybridized carbons (Fsp3) is 0.500. The second-order valence-corrected chi connectivity index (χ2v) is 5.60. The van der Waals surface area contributed by atoms with Gasteiger partial charge in [-0.15, -0.1) is 11.6 Å². The summed E-state index contributed by atoms with van der Waals surface area (Å²) in [5.74, 6) is 0.333. The van der Waals surface area contributed by atoms with Crippen molar-refractivity contribution in [1.82, 2.24) is 4.90 Å². The van der Waals surface area contributed by atoms with Gasteiger partial charge < -0.3 is 10.0 Å². The van der Waals surface area contributed by atoms with Gasteiger partial charge in [0.05, 0.1) is 5.56 Å². The van der Waals surface area contributed by atoms with Crippen LogP contribution in [-0.2, 0) is 0 Å². The van der Waals surface area contributed by atoms with Crippen LogP contribution < -0.4 is 0 Å². The number of alkyl halides is 1. The fourth-order valence-electron chi connectivity index (χ4n) is 2.22. The molecule has 1 amide bonds. The van der Waals surface area contributed by atoms with Gasteiger partial charge >= 0.3 is 0 Å². The molecule has 1 aliphatic carbocycles. The summed E-state index contributed by atoms with van der Waals surface area (Å²) in [7, 11) is 0. The van der Waals surface area contributed by atoms with Crippen molar-refractivity contribution in [2.75, 3.05) is 12.4 Å². The lowest BCUT2D eigenvalue weighted by atomic mass is 9.90. The third-order valence-corrected chi connectivity index (χ3v) is 4.00. The molecule has 0 spiro atoms. The Labute approximate surface area is 123 Å². The van der Waals surface area contributed by atoms with E-state index in [-0.39, 0.29) is 17.7 Å². The molecule has 0 radical (unpaired) electrons. The lowest BCUT2D eigenvalue weighted by molar-refractivity contribution is 0.0578. The summed E-state index contributed by atoms with van der Waals surface area (Å²) in [5, 5.41) is 10.3. The van der Waals surface area contributed by atoms with Crippen LogP contribution in [0.4, 0.5) is 0 Å². The van der Waals surface area contributed by atoms with Crippen LogP contribution in [0.2, 0.25) is 5.02 Å². The van der Waals surface area contributed by atoms with E-state index in [0.717, 1.165) is 25.7 Å². The predicted molar refractivity (Wildman–Crippen MR) is 77.1 cm³/mol. The molecule has 5 heteroatoms. The highest BCUT2D eigenvalue weighted by Gasteiger charge is 2.30. The zero-order valence-corrected chi connectivity index (χ0v) is 12.1. The molecule has 1 N–H and O–H groups in total. The molecule has 104 valence electrons. The number of hydrogen-bond donors (Lipinski definition) is 1. The average molecular weight is 302 g/mol. The molecule has 0 heterocycles. The van der Waals surface area contributed by atoms with Crippen LogP contribution in [0.25, 0.3) is 0 Å². The summed E-state index contributed by atoms with van der Waals surface area (Å²) >= 11 is 11.5. The Kier molecular flexibility index (Phi) is 4.94. The minimum Gasteiger partial charge on any atom is -0.507 e. The van der Waals surface area contributed by atoms with Gasteiger partial charge in [0, 0.05) is 23.5 Å². The zero-order valence-electron chi connectivity index (χ0n) is 10.6. The summed E-state index contributed by atoms with van der Waals surface area (Å²) in [4.78, 5) is 14.3. The Bertz CT molecular complexity index is 461. The zero-order chi connectivity index (χ0) is 13.8. The van der Waals surface area contributed by atoms with Gasteiger partial charge in [-0.3, -0.25) is 4.79 Å². The molecule has 0 atom stereocenters. The van der Waals surface area contributed by atoms with E-state index in [2.05, 4.69) is 0 Å². The van der Waals surface area contributed by atoms with Crippen molar-refractivity contribution in [1.29, 1.82) is 0 Å². The first-order valence-electron chi connectivity index (χ1n) is 6.49. The molecule has 1 aromatic rings. The molecule has 1 fully saturated rings. The number of aromatic hydroxyl groups is 1. The minimum absolute atomic E-state index is 0.0623. The third-order valence-electron chi connectivity index (χ3n) is 3.50. The molecule has 0 saturated heterocycles. The van der Waals surface area contributed by atoms with Crippen molar-refractivity contribution in [3.8, 4) is 5.75 Å². The minimum atomic E-state index is -0.135. The van der Waals surface area contributed by atoms with Crippen molar-refractivity contribution in [2.45, 2.75) is 31.7 Å². The highest BCUT2D eigenvalue weighted by Crippen LogP contribution is 2.29. The molecule has 1 aliphatic rings. The molecule has 3 nitrogen and oxygen atoms in total. The monoisotopic (exact) mass is 301 g/mol. The topological polar surface area (TPSA) is 40.5 Å². The van der Waals surface area contributed by atoms with Gasteiger partial charge in [-0.1, -0.05) is 11.6 Å². The molecular weight excluding hydrogens is 285 g/mol. The van der Waals surface area contributed by atoms with Gasteiger partial charge in [-0.25, -0.2) is 0 Å². The lowest BCUT2D eigenvalue weighted by Gasteiger charge is -2.37. The highest BCUT2D eigenvalue weighted by molar-refractivity contribution is 6.30. The Morgan fingerprint density at radius 1 is 1.42 bits per heavy atom. The van der Waals surface area contributed by atoms with Crippen LogP contribution in [0.1, 0.15) is 36.0 Å². The Balaban J connectivity index is 2.17. The van der Waals surface area contributed by atoms with Gasteiger partial charge in [-0.05, 0) is 43.9 Å². The van der Waals surface area contributed by atoms with Crippen molar-refractivity contribution in [2.24, 2.45) is 0 Å². The van der Waals surface area contributed by atoms with Crippen LogP contribution in [0, 0.1) is 0 Å². The molecule has 0 aromatic heterocycles. The Morgan fingerprint density at radius 3 is 2.68 bits per heavy atom. The second kappa shape index (κ2) is 6.49. The van der Waals surface area contributed by atoms with Crippen LogP contribution >= 0.6 is 23.2 Å². The fourth-order valence-corrected chi connectivity index (χ4v) is 2.50. The number of amides is 1.